The van der Waals surface area contributed by atoms with Crippen molar-refractivity contribution in [2.24, 2.45) is 0 Å². The van der Waals surface area contributed by atoms with Crippen molar-refractivity contribution in [2.75, 3.05) is 39.3 Å². The molecule has 0 saturated heterocycles. The van der Waals surface area contributed by atoms with E-state index in [0.717, 1.165) is 6.42 Å². The summed E-state index contributed by atoms with van der Waals surface area (Å²) in [5, 5.41) is 0. The second-order valence-corrected chi connectivity index (χ2v) is 6.40. The molecule has 0 radical (unpaired) electrons. The third kappa shape index (κ3) is 12.0. The van der Waals surface area contributed by atoms with Crippen LogP contribution >= 0.6 is 12.6 Å². The Morgan fingerprint density at radius 1 is 0.905 bits per heavy atom. The fourth-order valence-electron chi connectivity index (χ4n) is 1.58. The number of rotatable bonds is 12. The lowest BCUT2D eigenvalue weighted by atomic mass is 10.0. The summed E-state index contributed by atoms with van der Waals surface area (Å²) in [5.41, 5.74) is -0.577. The summed E-state index contributed by atoms with van der Waals surface area (Å²) in [7, 11) is 1.66. The van der Waals surface area contributed by atoms with Gasteiger partial charge < -0.3 is 18.9 Å². The smallest absolute Gasteiger partial charge is 0.315 e. The zero-order valence-electron chi connectivity index (χ0n) is 13.9. The summed E-state index contributed by atoms with van der Waals surface area (Å²) in [5.74, 6) is -0.198. The summed E-state index contributed by atoms with van der Waals surface area (Å²) in [6.07, 6.45) is 1.44. The highest BCUT2D eigenvalue weighted by Crippen LogP contribution is 2.19. The van der Waals surface area contributed by atoms with Crippen LogP contribution in [0.1, 0.15) is 40.5 Å². The molecule has 5 nitrogen and oxygen atoms in total. The van der Waals surface area contributed by atoms with Crippen LogP contribution in [0.3, 0.4) is 0 Å². The van der Waals surface area contributed by atoms with Crippen molar-refractivity contribution in [3.8, 4) is 0 Å². The first-order chi connectivity index (χ1) is 9.72. The van der Waals surface area contributed by atoms with E-state index in [1.165, 1.54) is 0 Å². The maximum atomic E-state index is 11.0. The van der Waals surface area contributed by atoms with E-state index in [1.54, 1.807) is 7.11 Å². The Labute approximate surface area is 134 Å². The molecule has 0 heterocycles. The molecule has 0 spiro atoms. The van der Waals surface area contributed by atoms with E-state index in [9.17, 15) is 4.79 Å². The molecular weight excluding hydrogens is 292 g/mol. The third-order valence-electron chi connectivity index (χ3n) is 3.07. The summed E-state index contributed by atoms with van der Waals surface area (Å²) in [6, 6.07) is 0. The Hall–Kier alpha value is -0.300. The number of esters is 1. The van der Waals surface area contributed by atoms with Crippen molar-refractivity contribution < 1.29 is 23.7 Å². The molecule has 0 rings (SSSR count). The number of hydrogen-bond acceptors (Lipinski definition) is 6. The van der Waals surface area contributed by atoms with Crippen molar-refractivity contribution in [3.63, 3.8) is 0 Å². The summed E-state index contributed by atoms with van der Waals surface area (Å²) >= 11 is 3.86. The SMILES string of the molecule is COCCOC(C)(C)CCOC(C)(C)CCOC(=O)CS. The van der Waals surface area contributed by atoms with Gasteiger partial charge in [0.25, 0.3) is 0 Å². The number of carbonyl (C=O) groups excluding carboxylic acids is 1. The number of thiol groups is 1. The molecule has 0 fully saturated rings. The Bertz CT molecular complexity index is 292. The molecule has 0 saturated carbocycles. The molecule has 0 aliphatic carbocycles. The van der Waals surface area contributed by atoms with E-state index in [-0.39, 0.29) is 22.9 Å². The molecule has 0 aliphatic heterocycles. The molecule has 0 unspecified atom stereocenters. The van der Waals surface area contributed by atoms with Gasteiger partial charge in [-0.25, -0.2) is 0 Å². The lowest BCUT2D eigenvalue weighted by molar-refractivity contribution is -0.142. The fraction of sp³-hybridized carbons (Fsp3) is 0.933. The average Bonchev–Trinajstić information content (AvgIpc) is 2.37. The second-order valence-electron chi connectivity index (χ2n) is 6.09. The van der Waals surface area contributed by atoms with E-state index in [2.05, 4.69) is 12.6 Å². The van der Waals surface area contributed by atoms with Crippen LogP contribution in [-0.2, 0) is 23.7 Å². The Kier molecular flexibility index (Phi) is 10.3. The maximum Gasteiger partial charge on any atom is 0.315 e. The van der Waals surface area contributed by atoms with E-state index in [1.807, 2.05) is 27.7 Å². The molecule has 6 heteroatoms. The normalized spacial score (nSPS) is 12.5. The summed E-state index contributed by atoms with van der Waals surface area (Å²) < 4.78 is 21.6. The Morgan fingerprint density at radius 3 is 1.95 bits per heavy atom. The highest BCUT2D eigenvalue weighted by molar-refractivity contribution is 7.81. The summed E-state index contributed by atoms with van der Waals surface area (Å²) in [6.45, 7) is 10.1. The van der Waals surface area contributed by atoms with Crippen LogP contribution in [0.15, 0.2) is 0 Å². The Morgan fingerprint density at radius 2 is 1.43 bits per heavy atom. The van der Waals surface area contributed by atoms with E-state index in [4.69, 9.17) is 18.9 Å². The molecule has 0 aromatic rings. The highest BCUT2D eigenvalue weighted by atomic mass is 32.1. The van der Waals surface area contributed by atoms with Gasteiger partial charge in [0.15, 0.2) is 0 Å². The van der Waals surface area contributed by atoms with Gasteiger partial charge in [0.05, 0.1) is 43.4 Å². The maximum absolute atomic E-state index is 11.0. The van der Waals surface area contributed by atoms with Gasteiger partial charge >= 0.3 is 5.97 Å². The molecule has 0 aromatic heterocycles. The summed E-state index contributed by atoms with van der Waals surface area (Å²) in [4.78, 5) is 11.0. The number of methoxy groups -OCH3 is 1. The highest BCUT2D eigenvalue weighted by Gasteiger charge is 2.23. The van der Waals surface area contributed by atoms with Gasteiger partial charge in [0.2, 0.25) is 0 Å². The molecule has 0 aromatic carbocycles. The third-order valence-corrected chi connectivity index (χ3v) is 3.33. The molecule has 0 atom stereocenters. The monoisotopic (exact) mass is 322 g/mol. The molecule has 0 amide bonds. The zero-order chi connectivity index (χ0) is 16.4. The minimum atomic E-state index is -0.334. The second kappa shape index (κ2) is 10.4. The first kappa shape index (κ1) is 20.7. The quantitative estimate of drug-likeness (QED) is 0.340. The van der Waals surface area contributed by atoms with E-state index in [0.29, 0.717) is 32.8 Å². The molecular formula is C15H30O5S. The average molecular weight is 322 g/mol. The standard InChI is InChI=1S/C15H30O5S/c1-14(2,6-8-18-13(16)12-21)19-9-7-15(3,4)20-11-10-17-5/h21H,6-12H2,1-5H3. The first-order valence-electron chi connectivity index (χ1n) is 7.26. The molecule has 0 bridgehead atoms. The van der Waals surface area contributed by atoms with Gasteiger partial charge in [-0.15, -0.1) is 0 Å². The zero-order valence-corrected chi connectivity index (χ0v) is 14.8. The largest absolute Gasteiger partial charge is 0.465 e. The lowest BCUT2D eigenvalue weighted by Crippen LogP contribution is -2.32. The van der Waals surface area contributed by atoms with Crippen LogP contribution in [0.2, 0.25) is 0 Å². The van der Waals surface area contributed by atoms with Crippen LogP contribution < -0.4 is 0 Å². The van der Waals surface area contributed by atoms with Crippen LogP contribution in [0.5, 0.6) is 0 Å². The van der Waals surface area contributed by atoms with Gasteiger partial charge in [-0.1, -0.05) is 0 Å². The molecule has 0 N–H and O–H groups in total. The first-order valence-corrected chi connectivity index (χ1v) is 7.89. The fourth-order valence-corrected chi connectivity index (χ4v) is 1.67. The van der Waals surface area contributed by atoms with Crippen molar-refractivity contribution in [1.82, 2.24) is 0 Å². The van der Waals surface area contributed by atoms with Crippen molar-refractivity contribution in [3.05, 3.63) is 0 Å². The van der Waals surface area contributed by atoms with Crippen LogP contribution in [0, 0.1) is 0 Å². The lowest BCUT2D eigenvalue weighted by Gasteiger charge is -2.29. The van der Waals surface area contributed by atoms with Crippen molar-refractivity contribution in [2.45, 2.75) is 51.7 Å². The van der Waals surface area contributed by atoms with Crippen molar-refractivity contribution >= 4 is 18.6 Å². The van der Waals surface area contributed by atoms with Gasteiger partial charge in [-0.2, -0.15) is 12.6 Å². The minimum Gasteiger partial charge on any atom is -0.465 e. The minimum absolute atomic E-state index is 0.105. The van der Waals surface area contributed by atoms with Gasteiger partial charge in [-0.05, 0) is 34.1 Å². The molecule has 0 aliphatic rings. The topological polar surface area (TPSA) is 54.0 Å². The molecule has 126 valence electrons. The van der Waals surface area contributed by atoms with E-state index >= 15 is 0 Å². The van der Waals surface area contributed by atoms with Gasteiger partial charge in [-0.3, -0.25) is 4.79 Å². The number of carbonyl (C=O) groups is 1. The van der Waals surface area contributed by atoms with Crippen LogP contribution in [0.25, 0.3) is 0 Å². The van der Waals surface area contributed by atoms with Gasteiger partial charge in [0, 0.05) is 13.5 Å². The number of ether oxygens (including phenoxy) is 4. The Balaban J connectivity index is 3.88. The van der Waals surface area contributed by atoms with Gasteiger partial charge in [0.1, 0.15) is 0 Å². The van der Waals surface area contributed by atoms with E-state index < -0.39 is 0 Å². The molecule has 21 heavy (non-hydrogen) atoms. The predicted molar refractivity (Wildman–Crippen MR) is 86.0 cm³/mol. The predicted octanol–water partition coefficient (Wildman–Crippen LogP) is 2.48. The van der Waals surface area contributed by atoms with Crippen LogP contribution in [-0.4, -0.2) is 56.5 Å². The number of hydrogen-bond donors (Lipinski definition) is 1. The van der Waals surface area contributed by atoms with Crippen LogP contribution in [0.4, 0.5) is 0 Å². The van der Waals surface area contributed by atoms with Crippen molar-refractivity contribution in [1.29, 1.82) is 0 Å².